The average Bonchev–Trinajstić information content (AvgIpc) is 2.42. The third-order valence-electron chi connectivity index (χ3n) is 3.61. The van der Waals surface area contributed by atoms with Crippen molar-refractivity contribution in [3.8, 4) is 0 Å². The van der Waals surface area contributed by atoms with E-state index in [-0.39, 0.29) is 6.61 Å². The summed E-state index contributed by atoms with van der Waals surface area (Å²) in [5, 5.41) is 13.3. The fraction of sp³-hybridized carbons (Fsp3) is 0.294. The predicted octanol–water partition coefficient (Wildman–Crippen LogP) is 3.62. The van der Waals surface area contributed by atoms with Crippen LogP contribution in [0.15, 0.2) is 48.5 Å². The van der Waals surface area contributed by atoms with E-state index in [0.717, 1.165) is 11.3 Å². The van der Waals surface area contributed by atoms with Crippen molar-refractivity contribution in [2.75, 3.05) is 11.9 Å². The van der Waals surface area contributed by atoms with Crippen LogP contribution in [-0.4, -0.2) is 11.7 Å². The lowest BCUT2D eigenvalue weighted by Crippen LogP contribution is -2.36. The number of nitrogens with one attached hydrogen (secondary N) is 1. The summed E-state index contributed by atoms with van der Waals surface area (Å²) in [5.41, 5.74) is 4.07. The second-order valence-corrected chi connectivity index (χ2v) is 5.25. The molecule has 0 spiro atoms. The van der Waals surface area contributed by atoms with Gasteiger partial charge in [-0.1, -0.05) is 42.5 Å². The zero-order valence-corrected chi connectivity index (χ0v) is 11.8. The average molecular weight is 255 g/mol. The summed E-state index contributed by atoms with van der Waals surface area (Å²) in [4.78, 5) is 0. The molecule has 100 valence electrons. The summed E-state index contributed by atoms with van der Waals surface area (Å²) in [6.45, 7) is 6.22. The molecule has 19 heavy (non-hydrogen) atoms. The van der Waals surface area contributed by atoms with Gasteiger partial charge in [0.25, 0.3) is 0 Å². The van der Waals surface area contributed by atoms with Gasteiger partial charge >= 0.3 is 0 Å². The Labute approximate surface area is 115 Å². The Hall–Kier alpha value is -1.80. The molecule has 1 unspecified atom stereocenters. The summed E-state index contributed by atoms with van der Waals surface area (Å²) in [6, 6.07) is 16.3. The summed E-state index contributed by atoms with van der Waals surface area (Å²) in [6.07, 6.45) is 0. The third kappa shape index (κ3) is 2.79. The van der Waals surface area contributed by atoms with Gasteiger partial charge in [-0.25, -0.2) is 0 Å². The molecule has 0 fully saturated rings. The van der Waals surface area contributed by atoms with Crippen LogP contribution in [0.25, 0.3) is 0 Å². The minimum Gasteiger partial charge on any atom is -0.394 e. The third-order valence-corrected chi connectivity index (χ3v) is 3.61. The van der Waals surface area contributed by atoms with Gasteiger partial charge in [-0.2, -0.15) is 0 Å². The molecule has 0 aromatic heterocycles. The van der Waals surface area contributed by atoms with Gasteiger partial charge in [0.1, 0.15) is 0 Å². The molecule has 1 atom stereocenters. The summed E-state index contributed by atoms with van der Waals surface area (Å²) in [7, 11) is 0. The molecular weight excluding hydrogens is 234 g/mol. The van der Waals surface area contributed by atoms with Crippen molar-refractivity contribution in [2.45, 2.75) is 26.3 Å². The van der Waals surface area contributed by atoms with Crippen molar-refractivity contribution in [2.24, 2.45) is 0 Å². The molecule has 0 saturated heterocycles. The highest BCUT2D eigenvalue weighted by Crippen LogP contribution is 2.29. The van der Waals surface area contributed by atoms with Crippen molar-refractivity contribution in [1.29, 1.82) is 0 Å². The summed E-state index contributed by atoms with van der Waals surface area (Å²) >= 11 is 0. The zero-order chi connectivity index (χ0) is 13.9. The second-order valence-electron chi connectivity index (χ2n) is 5.25. The van der Waals surface area contributed by atoms with E-state index in [9.17, 15) is 5.11 Å². The molecule has 0 aliphatic carbocycles. The van der Waals surface area contributed by atoms with Crippen LogP contribution in [0.5, 0.6) is 0 Å². The Bertz CT molecular complexity index is 565. The maximum atomic E-state index is 9.85. The SMILES string of the molecule is Cc1ccccc1NC(C)(CO)c1ccccc1C. The van der Waals surface area contributed by atoms with E-state index in [4.69, 9.17) is 0 Å². The molecule has 2 nitrogen and oxygen atoms in total. The molecule has 0 bridgehead atoms. The second kappa shape index (κ2) is 5.45. The van der Waals surface area contributed by atoms with Crippen LogP contribution in [0.2, 0.25) is 0 Å². The van der Waals surface area contributed by atoms with Gasteiger partial charge in [0, 0.05) is 5.69 Å². The number of para-hydroxylation sites is 1. The fourth-order valence-electron chi connectivity index (χ4n) is 2.39. The quantitative estimate of drug-likeness (QED) is 0.874. The molecule has 0 amide bonds. The molecule has 0 aliphatic heterocycles. The number of aliphatic hydroxyl groups excluding tert-OH is 1. The van der Waals surface area contributed by atoms with Crippen LogP contribution < -0.4 is 5.32 Å². The first kappa shape index (κ1) is 13.6. The molecule has 2 aromatic rings. The van der Waals surface area contributed by atoms with E-state index in [2.05, 4.69) is 37.4 Å². The summed E-state index contributed by atoms with van der Waals surface area (Å²) < 4.78 is 0. The van der Waals surface area contributed by atoms with Crippen LogP contribution in [0, 0.1) is 13.8 Å². The fourth-order valence-corrected chi connectivity index (χ4v) is 2.39. The number of anilines is 1. The number of hydrogen-bond acceptors (Lipinski definition) is 2. The van der Waals surface area contributed by atoms with Crippen molar-refractivity contribution in [1.82, 2.24) is 0 Å². The lowest BCUT2D eigenvalue weighted by molar-refractivity contribution is 0.223. The number of benzene rings is 2. The van der Waals surface area contributed by atoms with Gasteiger partial charge in [0.2, 0.25) is 0 Å². The molecule has 2 rings (SSSR count). The highest BCUT2D eigenvalue weighted by molar-refractivity contribution is 5.54. The van der Waals surface area contributed by atoms with Crippen LogP contribution in [0.1, 0.15) is 23.6 Å². The molecule has 0 radical (unpaired) electrons. The van der Waals surface area contributed by atoms with Gasteiger partial charge in [-0.3, -0.25) is 0 Å². The smallest absolute Gasteiger partial charge is 0.0830 e. The number of hydrogen-bond donors (Lipinski definition) is 2. The lowest BCUT2D eigenvalue weighted by atomic mass is 9.88. The van der Waals surface area contributed by atoms with E-state index in [0.29, 0.717) is 0 Å². The normalized spacial score (nSPS) is 13.9. The molecule has 0 heterocycles. The maximum Gasteiger partial charge on any atom is 0.0830 e. The molecule has 2 heteroatoms. The first-order valence-corrected chi connectivity index (χ1v) is 6.57. The Morgan fingerprint density at radius 1 is 0.947 bits per heavy atom. The Kier molecular flexibility index (Phi) is 3.91. The van der Waals surface area contributed by atoms with Crippen molar-refractivity contribution in [3.63, 3.8) is 0 Å². The molecule has 2 aromatic carbocycles. The largest absolute Gasteiger partial charge is 0.394 e. The minimum absolute atomic E-state index is 0.0478. The molecule has 2 N–H and O–H groups in total. The van der Waals surface area contributed by atoms with Crippen LogP contribution in [0.4, 0.5) is 5.69 Å². The van der Waals surface area contributed by atoms with E-state index < -0.39 is 5.54 Å². The number of aryl methyl sites for hydroxylation is 2. The van der Waals surface area contributed by atoms with E-state index in [1.165, 1.54) is 11.1 Å². The van der Waals surface area contributed by atoms with Gasteiger partial charge in [0.15, 0.2) is 0 Å². The molecular formula is C17H21NO. The molecule has 0 saturated carbocycles. The van der Waals surface area contributed by atoms with E-state index in [1.807, 2.05) is 37.3 Å². The Balaban J connectivity index is 2.39. The Morgan fingerprint density at radius 3 is 2.11 bits per heavy atom. The molecule has 0 aliphatic rings. The number of aliphatic hydroxyl groups is 1. The predicted molar refractivity (Wildman–Crippen MR) is 80.4 cm³/mol. The zero-order valence-electron chi connectivity index (χ0n) is 11.8. The highest BCUT2D eigenvalue weighted by atomic mass is 16.3. The van der Waals surface area contributed by atoms with Gasteiger partial charge in [-0.15, -0.1) is 0 Å². The lowest BCUT2D eigenvalue weighted by Gasteiger charge is -2.32. The topological polar surface area (TPSA) is 32.3 Å². The van der Waals surface area contributed by atoms with Crippen molar-refractivity contribution < 1.29 is 5.11 Å². The summed E-state index contributed by atoms with van der Waals surface area (Å²) in [5.74, 6) is 0. The van der Waals surface area contributed by atoms with Crippen molar-refractivity contribution >= 4 is 5.69 Å². The van der Waals surface area contributed by atoms with E-state index >= 15 is 0 Å². The van der Waals surface area contributed by atoms with Gasteiger partial charge < -0.3 is 10.4 Å². The highest BCUT2D eigenvalue weighted by Gasteiger charge is 2.27. The monoisotopic (exact) mass is 255 g/mol. The first-order chi connectivity index (χ1) is 9.07. The van der Waals surface area contributed by atoms with Crippen LogP contribution >= 0.6 is 0 Å². The standard InChI is InChI=1S/C17H21NO/c1-13-8-4-6-10-15(13)17(3,12-19)18-16-11-7-5-9-14(16)2/h4-11,18-19H,12H2,1-3H3. The number of rotatable bonds is 4. The van der Waals surface area contributed by atoms with Gasteiger partial charge in [0.05, 0.1) is 12.1 Å². The van der Waals surface area contributed by atoms with Crippen molar-refractivity contribution in [3.05, 3.63) is 65.2 Å². The van der Waals surface area contributed by atoms with Gasteiger partial charge in [-0.05, 0) is 43.5 Å². The van der Waals surface area contributed by atoms with Crippen LogP contribution in [0.3, 0.4) is 0 Å². The van der Waals surface area contributed by atoms with E-state index in [1.54, 1.807) is 0 Å². The van der Waals surface area contributed by atoms with Crippen LogP contribution in [-0.2, 0) is 5.54 Å². The Morgan fingerprint density at radius 2 is 1.53 bits per heavy atom. The first-order valence-electron chi connectivity index (χ1n) is 6.57. The minimum atomic E-state index is -0.475. The maximum absolute atomic E-state index is 9.85.